The summed E-state index contributed by atoms with van der Waals surface area (Å²) in [7, 11) is 0. The fourth-order valence-corrected chi connectivity index (χ4v) is 5.69. The first kappa shape index (κ1) is 24.4. The molecule has 0 aliphatic heterocycles. The van der Waals surface area contributed by atoms with Crippen molar-refractivity contribution in [1.29, 1.82) is 0 Å². The Morgan fingerprint density at radius 3 is 2.26 bits per heavy atom. The van der Waals surface area contributed by atoms with Crippen LogP contribution in [-0.2, 0) is 6.42 Å². The maximum atomic E-state index is 4.74. The van der Waals surface area contributed by atoms with Gasteiger partial charge in [-0.2, -0.15) is 0 Å². The molecule has 1 fully saturated rings. The van der Waals surface area contributed by atoms with Gasteiger partial charge < -0.3 is 0 Å². The van der Waals surface area contributed by atoms with Gasteiger partial charge in [-0.3, -0.25) is 0 Å². The predicted octanol–water partition coefficient (Wildman–Crippen LogP) is 9.13. The highest BCUT2D eigenvalue weighted by Gasteiger charge is 2.26. The molecule has 2 nitrogen and oxygen atoms in total. The van der Waals surface area contributed by atoms with E-state index in [4.69, 9.17) is 9.97 Å². The van der Waals surface area contributed by atoms with Crippen LogP contribution in [0, 0.1) is 11.8 Å². The van der Waals surface area contributed by atoms with E-state index < -0.39 is 0 Å². The van der Waals surface area contributed by atoms with Gasteiger partial charge in [0.05, 0.1) is 0 Å². The van der Waals surface area contributed by atoms with Gasteiger partial charge in [0.2, 0.25) is 0 Å². The molecule has 1 aliphatic carbocycles. The fraction of sp³-hybridized carbons (Fsp3) is 0.643. The molecule has 2 aromatic rings. The molecule has 0 saturated heterocycles. The minimum Gasteiger partial charge on any atom is -0.236 e. The molecule has 0 amide bonds. The molecule has 0 spiro atoms. The smallest absolute Gasteiger partial charge is 0.159 e. The lowest BCUT2D eigenvalue weighted by Crippen LogP contribution is -2.19. The van der Waals surface area contributed by atoms with Crippen molar-refractivity contribution in [3.63, 3.8) is 0 Å². The van der Waals surface area contributed by atoms with Crippen molar-refractivity contribution in [2.45, 2.75) is 104 Å². The number of aryl methyl sites for hydroxylation is 1. The normalized spacial score (nSPS) is 20.0. The van der Waals surface area contributed by atoms with Crippen LogP contribution in [0.15, 0.2) is 35.1 Å². The van der Waals surface area contributed by atoms with Gasteiger partial charge in [0.25, 0.3) is 0 Å². The molecular formula is C28H41BrN2. The van der Waals surface area contributed by atoms with Crippen molar-refractivity contribution in [2.75, 3.05) is 0 Å². The molecule has 1 aromatic carbocycles. The Balaban J connectivity index is 1.56. The maximum Gasteiger partial charge on any atom is 0.159 e. The highest BCUT2D eigenvalue weighted by molar-refractivity contribution is 9.10. The standard InChI is InChI=1S/C28H41BrN2/c1-4-6-8-10-22-12-14-23(15-13-22)21(3)26-19-30-28(31-20-26)25-17-16-24(27(29)18-25)11-9-7-5-2/h16-23H,4-15H2,1-3H3. The minimum atomic E-state index is 0.554. The summed E-state index contributed by atoms with van der Waals surface area (Å²) < 4.78 is 1.18. The molecule has 1 atom stereocenters. The summed E-state index contributed by atoms with van der Waals surface area (Å²) in [6.45, 7) is 6.93. The third-order valence-corrected chi connectivity index (χ3v) is 8.11. The molecule has 170 valence electrons. The van der Waals surface area contributed by atoms with E-state index in [-0.39, 0.29) is 0 Å². The predicted molar refractivity (Wildman–Crippen MR) is 136 cm³/mol. The van der Waals surface area contributed by atoms with Crippen LogP contribution in [0.1, 0.15) is 108 Å². The molecule has 1 heterocycles. The first-order valence-electron chi connectivity index (χ1n) is 12.7. The largest absolute Gasteiger partial charge is 0.236 e. The highest BCUT2D eigenvalue weighted by Crippen LogP contribution is 2.39. The van der Waals surface area contributed by atoms with Crippen LogP contribution in [0.25, 0.3) is 11.4 Å². The number of unbranched alkanes of at least 4 members (excludes halogenated alkanes) is 4. The number of rotatable bonds is 11. The molecule has 3 rings (SSSR count). The molecule has 0 bridgehead atoms. The van der Waals surface area contributed by atoms with Crippen molar-refractivity contribution < 1.29 is 0 Å². The molecule has 3 heteroatoms. The lowest BCUT2D eigenvalue weighted by atomic mass is 9.73. The molecule has 1 unspecified atom stereocenters. The Labute approximate surface area is 198 Å². The zero-order chi connectivity index (χ0) is 22.1. The Morgan fingerprint density at radius 1 is 0.935 bits per heavy atom. The van der Waals surface area contributed by atoms with Crippen LogP contribution in [0.2, 0.25) is 0 Å². The summed E-state index contributed by atoms with van der Waals surface area (Å²) in [4.78, 5) is 9.49. The minimum absolute atomic E-state index is 0.554. The van der Waals surface area contributed by atoms with Gasteiger partial charge in [-0.25, -0.2) is 9.97 Å². The zero-order valence-electron chi connectivity index (χ0n) is 19.9. The first-order valence-corrected chi connectivity index (χ1v) is 13.5. The molecule has 1 aromatic heterocycles. The fourth-order valence-electron chi connectivity index (χ4n) is 5.11. The van der Waals surface area contributed by atoms with Crippen molar-refractivity contribution in [2.24, 2.45) is 11.8 Å². The van der Waals surface area contributed by atoms with Crippen molar-refractivity contribution in [3.05, 3.63) is 46.2 Å². The first-order chi connectivity index (χ1) is 15.1. The molecule has 1 saturated carbocycles. The van der Waals surface area contributed by atoms with Crippen LogP contribution >= 0.6 is 15.9 Å². The van der Waals surface area contributed by atoms with Gasteiger partial charge in [0, 0.05) is 22.4 Å². The van der Waals surface area contributed by atoms with Crippen LogP contribution in [-0.4, -0.2) is 9.97 Å². The maximum absolute atomic E-state index is 4.74. The quantitative estimate of drug-likeness (QED) is 0.297. The monoisotopic (exact) mass is 484 g/mol. The molecule has 31 heavy (non-hydrogen) atoms. The second kappa shape index (κ2) is 12.7. The second-order valence-corrected chi connectivity index (χ2v) is 10.5. The second-order valence-electron chi connectivity index (χ2n) is 9.67. The molecular weight excluding hydrogens is 444 g/mol. The van der Waals surface area contributed by atoms with Gasteiger partial charge in [0.1, 0.15) is 0 Å². The van der Waals surface area contributed by atoms with Crippen LogP contribution in [0.4, 0.5) is 0 Å². The average molecular weight is 486 g/mol. The van der Waals surface area contributed by atoms with Crippen LogP contribution in [0.5, 0.6) is 0 Å². The Morgan fingerprint density at radius 2 is 1.61 bits per heavy atom. The van der Waals surface area contributed by atoms with E-state index in [2.05, 4.69) is 67.3 Å². The number of hydrogen-bond donors (Lipinski definition) is 0. The number of benzene rings is 1. The summed E-state index contributed by atoms with van der Waals surface area (Å²) in [5.74, 6) is 3.14. The van der Waals surface area contributed by atoms with Gasteiger partial charge in [-0.1, -0.05) is 100 Å². The zero-order valence-corrected chi connectivity index (χ0v) is 21.5. The van der Waals surface area contributed by atoms with Crippen molar-refractivity contribution >= 4 is 15.9 Å². The van der Waals surface area contributed by atoms with E-state index in [0.29, 0.717) is 5.92 Å². The van der Waals surface area contributed by atoms with E-state index in [0.717, 1.165) is 29.6 Å². The van der Waals surface area contributed by atoms with E-state index in [9.17, 15) is 0 Å². The third kappa shape index (κ3) is 7.14. The molecule has 1 aliphatic rings. The van der Waals surface area contributed by atoms with Crippen LogP contribution in [0.3, 0.4) is 0 Å². The van der Waals surface area contributed by atoms with Gasteiger partial charge >= 0.3 is 0 Å². The summed E-state index contributed by atoms with van der Waals surface area (Å²) in [6, 6.07) is 6.58. The number of halogens is 1. The lowest BCUT2D eigenvalue weighted by molar-refractivity contribution is 0.236. The average Bonchev–Trinajstić information content (AvgIpc) is 2.80. The number of aromatic nitrogens is 2. The van der Waals surface area contributed by atoms with Gasteiger partial charge in [-0.15, -0.1) is 0 Å². The third-order valence-electron chi connectivity index (χ3n) is 7.37. The van der Waals surface area contributed by atoms with E-state index in [1.807, 2.05) is 0 Å². The molecule has 0 radical (unpaired) electrons. The van der Waals surface area contributed by atoms with E-state index >= 15 is 0 Å². The summed E-state index contributed by atoms with van der Waals surface area (Å²) in [5.41, 5.74) is 3.78. The van der Waals surface area contributed by atoms with Crippen molar-refractivity contribution in [3.8, 4) is 11.4 Å². The highest BCUT2D eigenvalue weighted by atomic mass is 79.9. The lowest BCUT2D eigenvalue weighted by Gasteiger charge is -2.32. The Kier molecular flexibility index (Phi) is 10.0. The van der Waals surface area contributed by atoms with E-state index in [1.165, 1.54) is 86.2 Å². The van der Waals surface area contributed by atoms with Gasteiger partial charge in [0.15, 0.2) is 5.82 Å². The summed E-state index contributed by atoms with van der Waals surface area (Å²) in [6.07, 6.45) is 20.2. The Hall–Kier alpha value is -1.22. The Bertz CT molecular complexity index is 778. The SMILES string of the molecule is CCCCCc1ccc(-c2ncc(C(C)C3CCC(CCCCC)CC3)cn2)cc1Br. The number of nitrogens with zero attached hydrogens (tertiary/aromatic N) is 2. The molecule has 0 N–H and O–H groups in total. The van der Waals surface area contributed by atoms with E-state index in [1.54, 1.807) is 0 Å². The topological polar surface area (TPSA) is 25.8 Å². The van der Waals surface area contributed by atoms with Crippen LogP contribution < -0.4 is 0 Å². The summed E-state index contributed by atoms with van der Waals surface area (Å²) in [5, 5.41) is 0. The van der Waals surface area contributed by atoms with Crippen molar-refractivity contribution in [1.82, 2.24) is 9.97 Å². The van der Waals surface area contributed by atoms with Gasteiger partial charge in [-0.05, 0) is 60.6 Å². The summed E-state index contributed by atoms with van der Waals surface area (Å²) >= 11 is 3.76. The number of hydrogen-bond acceptors (Lipinski definition) is 2.